The predicted octanol–water partition coefficient (Wildman–Crippen LogP) is 1.92. The second-order valence-electron chi connectivity index (χ2n) is 4.14. The Kier molecular flexibility index (Phi) is 6.74. The highest BCUT2D eigenvalue weighted by Crippen LogP contribution is 2.17. The highest BCUT2D eigenvalue weighted by Gasteiger charge is 2.14. The van der Waals surface area contributed by atoms with Gasteiger partial charge in [-0.15, -0.1) is 0 Å². The molecule has 5 nitrogen and oxygen atoms in total. The van der Waals surface area contributed by atoms with Gasteiger partial charge in [-0.05, 0) is 37.7 Å². The SMILES string of the molecule is CCCOc1ccc(OCCC(NC)C(=O)O)cc1. The first-order valence-electron chi connectivity index (χ1n) is 6.43. The second-order valence-corrected chi connectivity index (χ2v) is 4.14. The molecule has 2 N–H and O–H groups in total. The van der Waals surface area contributed by atoms with Crippen LogP contribution in [0.4, 0.5) is 0 Å². The largest absolute Gasteiger partial charge is 0.494 e. The minimum atomic E-state index is -0.866. The Morgan fingerprint density at radius 1 is 1.21 bits per heavy atom. The molecule has 0 aliphatic heterocycles. The number of ether oxygens (including phenoxy) is 2. The van der Waals surface area contributed by atoms with E-state index < -0.39 is 12.0 Å². The molecule has 0 bridgehead atoms. The van der Waals surface area contributed by atoms with Gasteiger partial charge in [0.15, 0.2) is 0 Å². The zero-order valence-electron chi connectivity index (χ0n) is 11.4. The van der Waals surface area contributed by atoms with Gasteiger partial charge in [0.05, 0.1) is 13.2 Å². The molecule has 0 saturated carbocycles. The standard InChI is InChI=1S/C14H21NO4/c1-3-9-18-11-4-6-12(7-5-11)19-10-8-13(15-2)14(16)17/h4-7,13,15H,3,8-10H2,1-2H3,(H,16,17). The molecule has 0 radical (unpaired) electrons. The molecular formula is C14H21NO4. The van der Waals surface area contributed by atoms with Crippen molar-refractivity contribution in [3.63, 3.8) is 0 Å². The Morgan fingerprint density at radius 3 is 2.16 bits per heavy atom. The van der Waals surface area contributed by atoms with Gasteiger partial charge in [0.25, 0.3) is 0 Å². The van der Waals surface area contributed by atoms with Crippen molar-refractivity contribution < 1.29 is 19.4 Å². The molecule has 0 heterocycles. The second kappa shape index (κ2) is 8.37. The summed E-state index contributed by atoms with van der Waals surface area (Å²) in [6.45, 7) is 3.10. The van der Waals surface area contributed by atoms with E-state index in [0.29, 0.717) is 25.4 Å². The monoisotopic (exact) mass is 267 g/mol. The Labute approximate surface area is 113 Å². The average molecular weight is 267 g/mol. The third kappa shape index (κ3) is 5.61. The van der Waals surface area contributed by atoms with Crippen LogP contribution in [0.2, 0.25) is 0 Å². The van der Waals surface area contributed by atoms with Gasteiger partial charge in [0.1, 0.15) is 17.5 Å². The van der Waals surface area contributed by atoms with Crippen molar-refractivity contribution in [1.29, 1.82) is 0 Å². The van der Waals surface area contributed by atoms with Crippen LogP contribution in [0.15, 0.2) is 24.3 Å². The van der Waals surface area contributed by atoms with Gasteiger partial charge in [-0.2, -0.15) is 0 Å². The van der Waals surface area contributed by atoms with Gasteiger partial charge in [0.2, 0.25) is 0 Å². The number of rotatable bonds is 9. The summed E-state index contributed by atoms with van der Waals surface area (Å²) >= 11 is 0. The number of hydrogen-bond donors (Lipinski definition) is 2. The Bertz CT molecular complexity index is 378. The number of nitrogens with one attached hydrogen (secondary N) is 1. The number of hydrogen-bond acceptors (Lipinski definition) is 4. The van der Waals surface area contributed by atoms with E-state index in [-0.39, 0.29) is 0 Å². The number of benzene rings is 1. The molecule has 0 saturated heterocycles. The summed E-state index contributed by atoms with van der Waals surface area (Å²) in [6.07, 6.45) is 1.39. The van der Waals surface area contributed by atoms with Crippen molar-refractivity contribution in [2.45, 2.75) is 25.8 Å². The van der Waals surface area contributed by atoms with Gasteiger partial charge in [-0.1, -0.05) is 6.92 Å². The van der Waals surface area contributed by atoms with E-state index in [4.69, 9.17) is 14.6 Å². The van der Waals surface area contributed by atoms with E-state index in [1.807, 2.05) is 24.3 Å². The fraction of sp³-hybridized carbons (Fsp3) is 0.500. The lowest BCUT2D eigenvalue weighted by Crippen LogP contribution is -2.35. The van der Waals surface area contributed by atoms with E-state index >= 15 is 0 Å². The fourth-order valence-corrected chi connectivity index (χ4v) is 1.54. The number of carboxylic acid groups (broad SMARTS) is 1. The summed E-state index contributed by atoms with van der Waals surface area (Å²) in [7, 11) is 1.62. The van der Waals surface area contributed by atoms with Crippen molar-refractivity contribution >= 4 is 5.97 Å². The molecule has 19 heavy (non-hydrogen) atoms. The molecule has 1 aromatic rings. The molecule has 0 aliphatic rings. The van der Waals surface area contributed by atoms with Crippen LogP contribution in [0, 0.1) is 0 Å². The van der Waals surface area contributed by atoms with E-state index in [0.717, 1.165) is 12.2 Å². The molecule has 0 fully saturated rings. The summed E-state index contributed by atoms with van der Waals surface area (Å²) in [5, 5.41) is 11.6. The van der Waals surface area contributed by atoms with E-state index in [1.165, 1.54) is 0 Å². The van der Waals surface area contributed by atoms with Gasteiger partial charge >= 0.3 is 5.97 Å². The third-order valence-electron chi connectivity index (χ3n) is 2.62. The van der Waals surface area contributed by atoms with Crippen molar-refractivity contribution in [3.05, 3.63) is 24.3 Å². The first-order valence-corrected chi connectivity index (χ1v) is 6.43. The summed E-state index contributed by atoms with van der Waals surface area (Å²) in [4.78, 5) is 10.8. The lowest BCUT2D eigenvalue weighted by atomic mass is 10.2. The minimum Gasteiger partial charge on any atom is -0.494 e. The quantitative estimate of drug-likeness (QED) is 0.715. The van der Waals surface area contributed by atoms with Gasteiger partial charge in [-0.25, -0.2) is 0 Å². The molecule has 5 heteroatoms. The van der Waals surface area contributed by atoms with Crippen LogP contribution < -0.4 is 14.8 Å². The summed E-state index contributed by atoms with van der Waals surface area (Å²) in [6, 6.07) is 6.75. The zero-order valence-corrected chi connectivity index (χ0v) is 11.4. The molecule has 106 valence electrons. The number of carbonyl (C=O) groups is 1. The number of carboxylic acids is 1. The molecule has 1 rings (SSSR count). The fourth-order valence-electron chi connectivity index (χ4n) is 1.54. The van der Waals surface area contributed by atoms with Gasteiger partial charge in [0, 0.05) is 6.42 Å². The molecule has 1 atom stereocenters. The highest BCUT2D eigenvalue weighted by molar-refractivity contribution is 5.73. The van der Waals surface area contributed by atoms with Gasteiger partial charge < -0.3 is 19.9 Å². The van der Waals surface area contributed by atoms with E-state index in [2.05, 4.69) is 12.2 Å². The van der Waals surface area contributed by atoms with Crippen LogP contribution in [0.1, 0.15) is 19.8 Å². The van der Waals surface area contributed by atoms with Gasteiger partial charge in [-0.3, -0.25) is 4.79 Å². The molecule has 1 aromatic carbocycles. The van der Waals surface area contributed by atoms with Crippen molar-refractivity contribution in [2.75, 3.05) is 20.3 Å². The molecule has 0 amide bonds. The van der Waals surface area contributed by atoms with Crippen molar-refractivity contribution in [1.82, 2.24) is 5.32 Å². The van der Waals surface area contributed by atoms with Crippen LogP contribution >= 0.6 is 0 Å². The summed E-state index contributed by atoms with van der Waals surface area (Å²) in [5.74, 6) is 0.659. The average Bonchev–Trinajstić information content (AvgIpc) is 2.42. The molecule has 0 aromatic heterocycles. The summed E-state index contributed by atoms with van der Waals surface area (Å²) < 4.78 is 10.9. The summed E-state index contributed by atoms with van der Waals surface area (Å²) in [5.41, 5.74) is 0. The maximum absolute atomic E-state index is 10.8. The Hall–Kier alpha value is -1.75. The van der Waals surface area contributed by atoms with Crippen LogP contribution in [0.5, 0.6) is 11.5 Å². The highest BCUT2D eigenvalue weighted by atomic mass is 16.5. The van der Waals surface area contributed by atoms with Crippen LogP contribution in [-0.2, 0) is 4.79 Å². The lowest BCUT2D eigenvalue weighted by Gasteiger charge is -2.12. The van der Waals surface area contributed by atoms with Crippen LogP contribution in [-0.4, -0.2) is 37.4 Å². The van der Waals surface area contributed by atoms with Crippen molar-refractivity contribution in [3.8, 4) is 11.5 Å². The molecule has 0 spiro atoms. The van der Waals surface area contributed by atoms with Crippen LogP contribution in [0.25, 0.3) is 0 Å². The maximum atomic E-state index is 10.8. The molecular weight excluding hydrogens is 246 g/mol. The van der Waals surface area contributed by atoms with Crippen LogP contribution in [0.3, 0.4) is 0 Å². The van der Waals surface area contributed by atoms with E-state index in [1.54, 1.807) is 7.05 Å². The first-order chi connectivity index (χ1) is 9.17. The smallest absolute Gasteiger partial charge is 0.320 e. The first kappa shape index (κ1) is 15.3. The minimum absolute atomic E-state index is 0.354. The zero-order chi connectivity index (χ0) is 14.1. The Morgan fingerprint density at radius 2 is 1.74 bits per heavy atom. The third-order valence-corrected chi connectivity index (χ3v) is 2.62. The maximum Gasteiger partial charge on any atom is 0.320 e. The normalized spacial score (nSPS) is 11.9. The molecule has 1 unspecified atom stereocenters. The van der Waals surface area contributed by atoms with Crippen molar-refractivity contribution in [2.24, 2.45) is 0 Å². The number of aliphatic carboxylic acids is 1. The predicted molar refractivity (Wildman–Crippen MR) is 72.8 cm³/mol. The molecule has 0 aliphatic carbocycles. The topological polar surface area (TPSA) is 67.8 Å². The van der Waals surface area contributed by atoms with E-state index in [9.17, 15) is 4.79 Å². The number of likely N-dealkylation sites (N-methyl/N-ethyl adjacent to an activating group) is 1. The lowest BCUT2D eigenvalue weighted by molar-refractivity contribution is -0.139. The Balaban J connectivity index is 2.35.